The predicted molar refractivity (Wildman–Crippen MR) is 60.9 cm³/mol. The number of carbonyl (C=O) groups excluding carboxylic acids is 1. The maximum absolute atomic E-state index is 11.8. The number of amides is 1. The molecule has 1 unspecified atom stereocenters. The molecule has 16 heavy (non-hydrogen) atoms. The van der Waals surface area contributed by atoms with Gasteiger partial charge in [0.1, 0.15) is 0 Å². The van der Waals surface area contributed by atoms with Crippen molar-refractivity contribution in [1.29, 1.82) is 0 Å². The fourth-order valence-electron chi connectivity index (χ4n) is 2.01. The summed E-state index contributed by atoms with van der Waals surface area (Å²) in [5.74, 6) is 0.116. The van der Waals surface area contributed by atoms with Crippen LogP contribution in [0.5, 0.6) is 0 Å². The van der Waals surface area contributed by atoms with Crippen LogP contribution in [0, 0.1) is 0 Å². The summed E-state index contributed by atoms with van der Waals surface area (Å²) in [6.45, 7) is 3.72. The molecule has 0 saturated carbocycles. The molecule has 0 aromatic carbocycles. The number of nitrogens with zero attached hydrogens (tertiary/aromatic N) is 2. The highest BCUT2D eigenvalue weighted by molar-refractivity contribution is 5.82. The van der Waals surface area contributed by atoms with E-state index in [4.69, 9.17) is 0 Å². The molecule has 1 aromatic heterocycles. The first-order valence-electron chi connectivity index (χ1n) is 5.75. The Kier molecular flexibility index (Phi) is 3.56. The van der Waals surface area contributed by atoms with Crippen molar-refractivity contribution < 1.29 is 4.79 Å². The van der Waals surface area contributed by atoms with E-state index in [-0.39, 0.29) is 18.0 Å². The van der Waals surface area contributed by atoms with Gasteiger partial charge in [0.05, 0.1) is 12.4 Å². The van der Waals surface area contributed by atoms with Crippen LogP contribution in [0.2, 0.25) is 0 Å². The van der Waals surface area contributed by atoms with Gasteiger partial charge < -0.3 is 15.2 Å². The Labute approximate surface area is 95.2 Å². The Balaban J connectivity index is 1.78. The van der Waals surface area contributed by atoms with Gasteiger partial charge in [0.2, 0.25) is 5.91 Å². The van der Waals surface area contributed by atoms with Crippen LogP contribution in [-0.4, -0.2) is 34.1 Å². The molecule has 1 saturated heterocycles. The number of hydrogen-bond acceptors (Lipinski definition) is 3. The maximum atomic E-state index is 11.8. The molecule has 1 amide bonds. The summed E-state index contributed by atoms with van der Waals surface area (Å²) in [7, 11) is 0. The van der Waals surface area contributed by atoms with Crippen LogP contribution in [0.3, 0.4) is 0 Å². The van der Waals surface area contributed by atoms with Gasteiger partial charge in [-0.1, -0.05) is 0 Å². The van der Waals surface area contributed by atoms with Crippen molar-refractivity contribution >= 4 is 5.91 Å². The average molecular weight is 222 g/mol. The van der Waals surface area contributed by atoms with Crippen molar-refractivity contribution in [1.82, 2.24) is 20.2 Å². The summed E-state index contributed by atoms with van der Waals surface area (Å²) < 4.78 is 1.97. The van der Waals surface area contributed by atoms with E-state index in [0.717, 1.165) is 25.9 Å². The SMILES string of the molecule is CC(Cn1ccnc1)NC(=O)[C@@H]1CCCN1. The van der Waals surface area contributed by atoms with Crippen LogP contribution in [0.4, 0.5) is 0 Å². The molecule has 5 nitrogen and oxygen atoms in total. The number of hydrogen-bond donors (Lipinski definition) is 2. The maximum Gasteiger partial charge on any atom is 0.237 e. The normalized spacial score (nSPS) is 21.9. The second-order valence-electron chi connectivity index (χ2n) is 4.32. The van der Waals surface area contributed by atoms with Crippen molar-refractivity contribution in [2.24, 2.45) is 0 Å². The van der Waals surface area contributed by atoms with Crippen LogP contribution in [0.25, 0.3) is 0 Å². The molecule has 0 spiro atoms. The molecule has 0 radical (unpaired) electrons. The van der Waals surface area contributed by atoms with E-state index in [9.17, 15) is 4.79 Å². The van der Waals surface area contributed by atoms with Crippen molar-refractivity contribution in [3.63, 3.8) is 0 Å². The lowest BCUT2D eigenvalue weighted by atomic mass is 10.2. The van der Waals surface area contributed by atoms with Gasteiger partial charge in [-0.2, -0.15) is 0 Å². The van der Waals surface area contributed by atoms with E-state index < -0.39 is 0 Å². The Morgan fingerprint density at radius 2 is 2.62 bits per heavy atom. The van der Waals surface area contributed by atoms with Gasteiger partial charge in [-0.3, -0.25) is 4.79 Å². The van der Waals surface area contributed by atoms with Crippen LogP contribution < -0.4 is 10.6 Å². The van der Waals surface area contributed by atoms with E-state index in [0.29, 0.717) is 0 Å². The number of aromatic nitrogens is 2. The third kappa shape index (κ3) is 2.82. The minimum atomic E-state index is 0.00485. The standard InChI is InChI=1S/C11H18N4O/c1-9(7-15-6-5-12-8-15)14-11(16)10-3-2-4-13-10/h5-6,8-10,13H,2-4,7H2,1H3,(H,14,16)/t9?,10-/m0/s1. The predicted octanol–water partition coefficient (Wildman–Crippen LogP) is 0.140. The lowest BCUT2D eigenvalue weighted by Gasteiger charge is -2.17. The third-order valence-electron chi connectivity index (χ3n) is 2.81. The molecule has 2 rings (SSSR count). The zero-order chi connectivity index (χ0) is 11.4. The smallest absolute Gasteiger partial charge is 0.237 e. The summed E-state index contributed by atoms with van der Waals surface area (Å²) in [6.07, 6.45) is 7.44. The molecule has 1 fully saturated rings. The summed E-state index contributed by atoms with van der Waals surface area (Å²) in [5, 5.41) is 6.20. The molecule has 1 aromatic rings. The van der Waals surface area contributed by atoms with Gasteiger partial charge in [0.25, 0.3) is 0 Å². The zero-order valence-corrected chi connectivity index (χ0v) is 9.52. The Morgan fingerprint density at radius 3 is 3.25 bits per heavy atom. The lowest BCUT2D eigenvalue weighted by molar-refractivity contribution is -0.123. The van der Waals surface area contributed by atoms with Gasteiger partial charge in [-0.05, 0) is 26.3 Å². The quantitative estimate of drug-likeness (QED) is 0.762. The molecular formula is C11H18N4O. The molecule has 2 heterocycles. The fourth-order valence-corrected chi connectivity index (χ4v) is 2.01. The first kappa shape index (κ1) is 11.1. The summed E-state index contributed by atoms with van der Waals surface area (Å²) in [4.78, 5) is 15.8. The zero-order valence-electron chi connectivity index (χ0n) is 9.52. The molecule has 2 N–H and O–H groups in total. The van der Waals surface area contributed by atoms with E-state index in [1.165, 1.54) is 0 Å². The molecule has 2 atom stereocenters. The largest absolute Gasteiger partial charge is 0.350 e. The Hall–Kier alpha value is -1.36. The lowest BCUT2D eigenvalue weighted by Crippen LogP contribution is -2.45. The van der Waals surface area contributed by atoms with Crippen LogP contribution >= 0.6 is 0 Å². The minimum absolute atomic E-state index is 0.00485. The molecule has 0 aliphatic carbocycles. The molecule has 1 aliphatic rings. The van der Waals surface area contributed by atoms with E-state index in [2.05, 4.69) is 15.6 Å². The van der Waals surface area contributed by atoms with E-state index in [1.54, 1.807) is 12.5 Å². The minimum Gasteiger partial charge on any atom is -0.350 e. The fraction of sp³-hybridized carbons (Fsp3) is 0.636. The van der Waals surface area contributed by atoms with Crippen molar-refractivity contribution in [3.05, 3.63) is 18.7 Å². The van der Waals surface area contributed by atoms with Crippen molar-refractivity contribution in [2.75, 3.05) is 6.54 Å². The Morgan fingerprint density at radius 1 is 1.75 bits per heavy atom. The highest BCUT2D eigenvalue weighted by Crippen LogP contribution is 2.05. The highest BCUT2D eigenvalue weighted by Gasteiger charge is 2.22. The number of carbonyl (C=O) groups is 1. The molecule has 5 heteroatoms. The van der Waals surface area contributed by atoms with Gasteiger partial charge in [0, 0.05) is 25.0 Å². The van der Waals surface area contributed by atoms with Gasteiger partial charge in [0.15, 0.2) is 0 Å². The number of imidazole rings is 1. The number of nitrogens with one attached hydrogen (secondary N) is 2. The monoisotopic (exact) mass is 222 g/mol. The number of rotatable bonds is 4. The topological polar surface area (TPSA) is 59.0 Å². The third-order valence-corrected chi connectivity index (χ3v) is 2.81. The van der Waals surface area contributed by atoms with Crippen molar-refractivity contribution in [3.8, 4) is 0 Å². The first-order valence-corrected chi connectivity index (χ1v) is 5.75. The highest BCUT2D eigenvalue weighted by atomic mass is 16.2. The molecule has 1 aliphatic heterocycles. The second-order valence-corrected chi connectivity index (χ2v) is 4.32. The summed E-state index contributed by atoms with van der Waals surface area (Å²) >= 11 is 0. The van der Waals surface area contributed by atoms with Gasteiger partial charge in [-0.15, -0.1) is 0 Å². The summed E-state index contributed by atoms with van der Waals surface area (Å²) in [5.41, 5.74) is 0. The van der Waals surface area contributed by atoms with E-state index >= 15 is 0 Å². The van der Waals surface area contributed by atoms with Crippen LogP contribution in [0.1, 0.15) is 19.8 Å². The van der Waals surface area contributed by atoms with Gasteiger partial charge >= 0.3 is 0 Å². The second kappa shape index (κ2) is 5.12. The van der Waals surface area contributed by atoms with Gasteiger partial charge in [-0.25, -0.2) is 4.98 Å². The average Bonchev–Trinajstić information content (AvgIpc) is 2.88. The molecule has 88 valence electrons. The molecular weight excluding hydrogens is 204 g/mol. The van der Waals surface area contributed by atoms with Crippen LogP contribution in [0.15, 0.2) is 18.7 Å². The Bertz CT molecular complexity index is 330. The van der Waals surface area contributed by atoms with Crippen LogP contribution in [-0.2, 0) is 11.3 Å². The van der Waals surface area contributed by atoms with Crippen molar-refractivity contribution in [2.45, 2.75) is 38.4 Å². The van der Waals surface area contributed by atoms with E-state index in [1.807, 2.05) is 17.7 Å². The first-order chi connectivity index (χ1) is 7.75. The molecule has 0 bridgehead atoms. The summed E-state index contributed by atoms with van der Waals surface area (Å²) in [6, 6.07) is 0.134.